The third-order valence-corrected chi connectivity index (χ3v) is 9.10. The number of rotatable bonds is 2. The fraction of sp³-hybridized carbons (Fsp3) is 0.905. The van der Waals surface area contributed by atoms with Gasteiger partial charge in [0.05, 0.1) is 18.4 Å². The van der Waals surface area contributed by atoms with Crippen LogP contribution in [0.1, 0.15) is 71.6 Å². The summed E-state index contributed by atoms with van der Waals surface area (Å²) in [6.45, 7) is 4.54. The van der Waals surface area contributed by atoms with E-state index in [1.54, 1.807) is 0 Å². The van der Waals surface area contributed by atoms with Crippen LogP contribution >= 0.6 is 0 Å². The van der Waals surface area contributed by atoms with Gasteiger partial charge in [0.1, 0.15) is 0 Å². The molecule has 0 aliphatic heterocycles. The maximum Gasteiger partial charge on any atom is 0.311 e. The summed E-state index contributed by atoms with van der Waals surface area (Å²) in [6.07, 6.45) is 9.53. The molecule has 0 aromatic carbocycles. The molecule has 0 aromatic heterocycles. The van der Waals surface area contributed by atoms with Crippen molar-refractivity contribution in [3.8, 4) is 0 Å². The number of esters is 1. The van der Waals surface area contributed by atoms with E-state index in [4.69, 9.17) is 4.74 Å². The molecule has 4 heteroatoms. The molecular weight excluding hydrogens is 316 g/mol. The highest BCUT2D eigenvalue weighted by Gasteiger charge is 2.66. The Kier molecular flexibility index (Phi) is 3.80. The average Bonchev–Trinajstić information content (AvgIpc) is 2.84. The maximum absolute atomic E-state index is 12.6. The standard InChI is InChI=1S/C21H32O4/c1-19-8-4-9-20(2,18(24)25-3)15(19)7-10-21-11-13(5-6-16(19)21)14(12-21)17(22)23/h13-16H,4-12H2,1-3H3,(H,22,23)/t13-,14+,15+,16-,19-,20-,21+/m1/s1. The van der Waals surface area contributed by atoms with E-state index in [0.29, 0.717) is 17.8 Å². The first-order chi connectivity index (χ1) is 11.8. The molecule has 4 fully saturated rings. The van der Waals surface area contributed by atoms with Gasteiger partial charge in [-0.2, -0.15) is 0 Å². The molecule has 7 atom stereocenters. The Bertz CT molecular complexity index is 601. The van der Waals surface area contributed by atoms with E-state index < -0.39 is 5.97 Å². The van der Waals surface area contributed by atoms with Crippen LogP contribution in [0.5, 0.6) is 0 Å². The van der Waals surface area contributed by atoms with E-state index in [9.17, 15) is 14.7 Å². The smallest absolute Gasteiger partial charge is 0.311 e. The van der Waals surface area contributed by atoms with Crippen molar-refractivity contribution in [2.75, 3.05) is 7.11 Å². The summed E-state index contributed by atoms with van der Waals surface area (Å²) in [6, 6.07) is 0. The van der Waals surface area contributed by atoms with Gasteiger partial charge in [-0.05, 0) is 86.9 Å². The lowest BCUT2D eigenvalue weighted by atomic mass is 9.41. The minimum atomic E-state index is -0.585. The molecule has 4 nitrogen and oxygen atoms in total. The molecule has 4 rings (SSSR count). The van der Waals surface area contributed by atoms with Gasteiger partial charge in [-0.1, -0.05) is 13.3 Å². The number of methoxy groups -OCH3 is 1. The summed E-state index contributed by atoms with van der Waals surface area (Å²) < 4.78 is 5.21. The largest absolute Gasteiger partial charge is 0.481 e. The zero-order valence-corrected chi connectivity index (χ0v) is 15.8. The zero-order valence-electron chi connectivity index (χ0n) is 15.8. The number of aliphatic carboxylic acids is 1. The SMILES string of the molecule is COC(=O)[C@]1(C)CCC[C@@]2(C)[C@H]3CC[C@@H]4C[C@@]3(CC[C@@H]21)C[C@@H]4C(=O)O. The molecule has 0 amide bonds. The summed E-state index contributed by atoms with van der Waals surface area (Å²) in [4.78, 5) is 24.4. The minimum absolute atomic E-state index is 0.0390. The second kappa shape index (κ2) is 5.47. The van der Waals surface area contributed by atoms with Crippen molar-refractivity contribution >= 4 is 11.9 Å². The first kappa shape index (κ1) is 17.4. The van der Waals surface area contributed by atoms with Gasteiger partial charge in [0.15, 0.2) is 0 Å². The van der Waals surface area contributed by atoms with Gasteiger partial charge >= 0.3 is 11.9 Å². The van der Waals surface area contributed by atoms with E-state index in [0.717, 1.165) is 51.4 Å². The van der Waals surface area contributed by atoms with Gasteiger partial charge < -0.3 is 9.84 Å². The van der Waals surface area contributed by atoms with Crippen LogP contribution in [0.2, 0.25) is 0 Å². The van der Waals surface area contributed by atoms with E-state index in [2.05, 4.69) is 13.8 Å². The summed E-state index contributed by atoms with van der Waals surface area (Å²) in [5, 5.41) is 9.67. The number of hydrogen-bond donors (Lipinski definition) is 1. The fourth-order valence-corrected chi connectivity index (χ4v) is 8.21. The topological polar surface area (TPSA) is 63.6 Å². The van der Waals surface area contributed by atoms with Crippen LogP contribution in [0, 0.1) is 39.9 Å². The zero-order chi connectivity index (χ0) is 18.0. The molecule has 1 spiro atoms. The third kappa shape index (κ3) is 2.18. The molecule has 4 aliphatic carbocycles. The molecule has 140 valence electrons. The molecule has 0 unspecified atom stereocenters. The molecule has 4 aliphatic rings. The van der Waals surface area contributed by atoms with E-state index in [-0.39, 0.29) is 28.1 Å². The van der Waals surface area contributed by atoms with Crippen molar-refractivity contribution in [3.63, 3.8) is 0 Å². The lowest BCUT2D eigenvalue weighted by Gasteiger charge is -2.63. The van der Waals surface area contributed by atoms with Crippen molar-refractivity contribution in [2.24, 2.45) is 39.9 Å². The van der Waals surface area contributed by atoms with Crippen molar-refractivity contribution in [3.05, 3.63) is 0 Å². The molecule has 0 aromatic rings. The highest BCUT2D eigenvalue weighted by Crippen LogP contribution is 2.72. The lowest BCUT2D eigenvalue weighted by molar-refractivity contribution is -0.183. The third-order valence-electron chi connectivity index (χ3n) is 9.10. The van der Waals surface area contributed by atoms with E-state index in [1.807, 2.05) is 0 Å². The first-order valence-corrected chi connectivity index (χ1v) is 10.1. The van der Waals surface area contributed by atoms with Crippen LogP contribution < -0.4 is 0 Å². The minimum Gasteiger partial charge on any atom is -0.481 e. The Morgan fingerprint density at radius 1 is 1.00 bits per heavy atom. The number of ether oxygens (including phenoxy) is 1. The molecule has 0 heterocycles. The molecule has 2 bridgehead atoms. The summed E-state index contributed by atoms with van der Waals surface area (Å²) in [7, 11) is 1.52. The van der Waals surface area contributed by atoms with E-state index in [1.165, 1.54) is 13.5 Å². The van der Waals surface area contributed by atoms with Crippen molar-refractivity contribution in [1.29, 1.82) is 0 Å². The lowest BCUT2D eigenvalue weighted by Crippen LogP contribution is -2.58. The average molecular weight is 348 g/mol. The maximum atomic E-state index is 12.6. The van der Waals surface area contributed by atoms with Crippen molar-refractivity contribution in [1.82, 2.24) is 0 Å². The highest BCUT2D eigenvalue weighted by atomic mass is 16.5. The van der Waals surface area contributed by atoms with Crippen molar-refractivity contribution in [2.45, 2.75) is 71.6 Å². The monoisotopic (exact) mass is 348 g/mol. The number of carboxylic acids is 1. The first-order valence-electron chi connectivity index (χ1n) is 10.1. The molecule has 0 radical (unpaired) electrons. The number of carbonyl (C=O) groups is 2. The van der Waals surface area contributed by atoms with E-state index >= 15 is 0 Å². The van der Waals surface area contributed by atoms with Crippen LogP contribution in [0.4, 0.5) is 0 Å². The Labute approximate surface area is 150 Å². The number of hydrogen-bond acceptors (Lipinski definition) is 3. The number of carbonyl (C=O) groups excluding carboxylic acids is 1. The highest BCUT2D eigenvalue weighted by molar-refractivity contribution is 5.77. The normalized spacial score (nSPS) is 51.3. The summed E-state index contributed by atoms with van der Waals surface area (Å²) >= 11 is 0. The Morgan fingerprint density at radius 3 is 2.44 bits per heavy atom. The van der Waals surface area contributed by atoms with Gasteiger partial charge in [-0.3, -0.25) is 9.59 Å². The predicted octanol–water partition coefficient (Wildman–Crippen LogP) is 4.27. The van der Waals surface area contributed by atoms with Gasteiger partial charge in [0.2, 0.25) is 0 Å². The van der Waals surface area contributed by atoms with Gasteiger partial charge in [-0.25, -0.2) is 0 Å². The quantitative estimate of drug-likeness (QED) is 0.757. The van der Waals surface area contributed by atoms with Gasteiger partial charge in [0.25, 0.3) is 0 Å². The second-order valence-corrected chi connectivity index (χ2v) is 9.97. The second-order valence-electron chi connectivity index (χ2n) is 9.97. The van der Waals surface area contributed by atoms with Gasteiger partial charge in [0, 0.05) is 0 Å². The Morgan fingerprint density at radius 2 is 1.76 bits per heavy atom. The van der Waals surface area contributed by atoms with Crippen LogP contribution in [0.15, 0.2) is 0 Å². The van der Waals surface area contributed by atoms with Crippen LogP contribution in [0.25, 0.3) is 0 Å². The van der Waals surface area contributed by atoms with Crippen LogP contribution in [0.3, 0.4) is 0 Å². The molecular formula is C21H32O4. The molecule has 25 heavy (non-hydrogen) atoms. The Hall–Kier alpha value is -1.06. The Balaban J connectivity index is 1.70. The van der Waals surface area contributed by atoms with Crippen LogP contribution in [-0.4, -0.2) is 24.2 Å². The molecule has 0 saturated heterocycles. The predicted molar refractivity (Wildman–Crippen MR) is 93.8 cm³/mol. The van der Waals surface area contributed by atoms with Crippen molar-refractivity contribution < 1.29 is 19.4 Å². The van der Waals surface area contributed by atoms with Crippen LogP contribution in [-0.2, 0) is 14.3 Å². The molecule has 4 saturated carbocycles. The molecule has 1 N–H and O–H groups in total. The number of carboxylic acid groups (broad SMARTS) is 1. The summed E-state index contributed by atoms with van der Waals surface area (Å²) in [5.41, 5.74) is -0.00555. The van der Waals surface area contributed by atoms with Gasteiger partial charge in [-0.15, -0.1) is 0 Å². The number of fused-ring (bicyclic) bond motifs is 3. The summed E-state index contributed by atoms with van der Waals surface area (Å²) in [5.74, 6) is 0.562. The fourth-order valence-electron chi connectivity index (χ4n) is 8.21.